The lowest BCUT2D eigenvalue weighted by molar-refractivity contribution is 0.0816. The van der Waals surface area contributed by atoms with Gasteiger partial charge in [-0.3, -0.25) is 9.59 Å². The lowest BCUT2D eigenvalue weighted by Crippen LogP contribution is -2.14. The fourth-order valence-corrected chi connectivity index (χ4v) is 1.42. The maximum absolute atomic E-state index is 11.9. The van der Waals surface area contributed by atoms with Gasteiger partial charge in [-0.05, 0) is 24.3 Å². The second-order valence-electron chi connectivity index (χ2n) is 3.51. The van der Waals surface area contributed by atoms with Crippen LogP contribution in [0.5, 0.6) is 5.75 Å². The molecule has 0 saturated heterocycles. The smallest absolute Gasteiger partial charge is 0.236 e. The van der Waals surface area contributed by atoms with E-state index >= 15 is 0 Å². The summed E-state index contributed by atoms with van der Waals surface area (Å²) < 4.78 is 4.98. The summed E-state index contributed by atoms with van der Waals surface area (Å²) in [6, 6.07) is 6.34. The second kappa shape index (κ2) is 5.18. The van der Waals surface area contributed by atoms with Crippen molar-refractivity contribution in [1.29, 1.82) is 0 Å². The van der Waals surface area contributed by atoms with Crippen molar-refractivity contribution in [2.45, 2.75) is 0 Å². The molecule has 2 aromatic rings. The van der Waals surface area contributed by atoms with Crippen molar-refractivity contribution in [2.24, 2.45) is 0 Å². The molecule has 1 aromatic carbocycles. The van der Waals surface area contributed by atoms with Gasteiger partial charge in [0.25, 0.3) is 0 Å². The molecular formula is C13H10N2O3. The largest absolute Gasteiger partial charge is 0.497 e. The van der Waals surface area contributed by atoms with Gasteiger partial charge in [-0.1, -0.05) is 0 Å². The van der Waals surface area contributed by atoms with E-state index in [1.165, 1.54) is 25.8 Å². The molecular weight excluding hydrogens is 232 g/mol. The molecule has 0 bridgehead atoms. The Morgan fingerprint density at radius 3 is 2.06 bits per heavy atom. The van der Waals surface area contributed by atoms with Gasteiger partial charge >= 0.3 is 0 Å². The Kier molecular flexibility index (Phi) is 3.43. The zero-order valence-corrected chi connectivity index (χ0v) is 9.66. The van der Waals surface area contributed by atoms with Crippen molar-refractivity contribution < 1.29 is 14.3 Å². The molecule has 5 heteroatoms. The Morgan fingerprint density at radius 1 is 0.944 bits per heavy atom. The molecule has 0 N–H and O–H groups in total. The van der Waals surface area contributed by atoms with E-state index < -0.39 is 11.6 Å². The highest BCUT2D eigenvalue weighted by Gasteiger charge is 2.18. The monoisotopic (exact) mass is 242 g/mol. The van der Waals surface area contributed by atoms with Gasteiger partial charge in [0.1, 0.15) is 12.1 Å². The first-order valence-corrected chi connectivity index (χ1v) is 5.20. The minimum atomic E-state index is -0.624. The van der Waals surface area contributed by atoms with Crippen molar-refractivity contribution in [3.05, 3.63) is 54.1 Å². The Labute approximate surface area is 103 Å². The molecule has 0 aliphatic rings. The fraction of sp³-hybridized carbons (Fsp3) is 0.0769. The van der Waals surface area contributed by atoms with Crippen LogP contribution >= 0.6 is 0 Å². The van der Waals surface area contributed by atoms with Gasteiger partial charge in [-0.25, -0.2) is 9.97 Å². The molecule has 18 heavy (non-hydrogen) atoms. The number of benzene rings is 1. The molecule has 1 heterocycles. The predicted octanol–water partition coefficient (Wildman–Crippen LogP) is 1.55. The van der Waals surface area contributed by atoms with E-state index in [-0.39, 0.29) is 5.56 Å². The number of Topliss-reactive ketones (excluding diaryl/α,β-unsaturated/α-hetero) is 2. The summed E-state index contributed by atoms with van der Waals surface area (Å²) in [7, 11) is 1.53. The molecule has 5 nitrogen and oxygen atoms in total. The topological polar surface area (TPSA) is 69.2 Å². The number of ketones is 2. The number of nitrogens with zero attached hydrogens (tertiary/aromatic N) is 2. The quantitative estimate of drug-likeness (QED) is 0.601. The van der Waals surface area contributed by atoms with Crippen LogP contribution < -0.4 is 4.74 Å². The van der Waals surface area contributed by atoms with Crippen LogP contribution in [0.4, 0.5) is 0 Å². The first-order chi connectivity index (χ1) is 8.72. The number of carbonyl (C=O) groups is 2. The van der Waals surface area contributed by atoms with E-state index in [1.807, 2.05) is 0 Å². The molecule has 0 radical (unpaired) electrons. The highest BCUT2D eigenvalue weighted by atomic mass is 16.5. The molecule has 0 saturated carbocycles. The number of hydrogen-bond donors (Lipinski definition) is 0. The van der Waals surface area contributed by atoms with Crippen LogP contribution in [0.25, 0.3) is 0 Å². The molecule has 0 spiro atoms. The first kappa shape index (κ1) is 11.9. The van der Waals surface area contributed by atoms with E-state index in [0.29, 0.717) is 11.3 Å². The van der Waals surface area contributed by atoms with Crippen LogP contribution in [0.1, 0.15) is 20.7 Å². The van der Waals surface area contributed by atoms with Crippen LogP contribution in [0.3, 0.4) is 0 Å². The zero-order chi connectivity index (χ0) is 13.0. The number of hydrogen-bond acceptors (Lipinski definition) is 5. The molecule has 0 aliphatic heterocycles. The number of methoxy groups -OCH3 is 1. The summed E-state index contributed by atoms with van der Waals surface area (Å²) in [6.45, 7) is 0. The average molecular weight is 242 g/mol. The van der Waals surface area contributed by atoms with E-state index in [1.54, 1.807) is 24.3 Å². The number of aromatic nitrogens is 2. The van der Waals surface area contributed by atoms with Gasteiger partial charge in [0.2, 0.25) is 11.6 Å². The van der Waals surface area contributed by atoms with E-state index in [4.69, 9.17) is 4.74 Å². The SMILES string of the molecule is COc1ccc(C(=O)C(=O)c2cncnc2)cc1. The molecule has 0 aliphatic carbocycles. The van der Waals surface area contributed by atoms with Crippen LogP contribution in [0.2, 0.25) is 0 Å². The van der Waals surface area contributed by atoms with Gasteiger partial charge < -0.3 is 4.74 Å². The lowest BCUT2D eigenvalue weighted by atomic mass is 10.0. The number of ether oxygens (including phenoxy) is 1. The summed E-state index contributed by atoms with van der Waals surface area (Å²) in [5.74, 6) is -0.588. The van der Waals surface area contributed by atoms with Crippen molar-refractivity contribution in [1.82, 2.24) is 9.97 Å². The number of carbonyl (C=O) groups excluding carboxylic acids is 2. The van der Waals surface area contributed by atoms with Crippen LogP contribution in [-0.4, -0.2) is 28.6 Å². The highest BCUT2D eigenvalue weighted by Crippen LogP contribution is 2.13. The van der Waals surface area contributed by atoms with E-state index in [9.17, 15) is 9.59 Å². The van der Waals surface area contributed by atoms with Crippen molar-refractivity contribution in [2.75, 3.05) is 7.11 Å². The van der Waals surface area contributed by atoms with Crippen molar-refractivity contribution >= 4 is 11.6 Å². The van der Waals surface area contributed by atoms with Crippen LogP contribution in [-0.2, 0) is 0 Å². The summed E-state index contributed by atoms with van der Waals surface area (Å²) in [4.78, 5) is 31.1. The van der Waals surface area contributed by atoms with Crippen molar-refractivity contribution in [3.63, 3.8) is 0 Å². The van der Waals surface area contributed by atoms with Gasteiger partial charge in [-0.15, -0.1) is 0 Å². The van der Waals surface area contributed by atoms with Crippen LogP contribution in [0, 0.1) is 0 Å². The first-order valence-electron chi connectivity index (χ1n) is 5.20. The number of rotatable bonds is 4. The maximum atomic E-state index is 11.9. The molecule has 1 aromatic heterocycles. The van der Waals surface area contributed by atoms with E-state index in [2.05, 4.69) is 9.97 Å². The Bertz CT molecular complexity index is 565. The predicted molar refractivity (Wildman–Crippen MR) is 63.7 cm³/mol. The fourth-order valence-electron chi connectivity index (χ4n) is 1.42. The third-order valence-electron chi connectivity index (χ3n) is 2.38. The molecule has 0 amide bonds. The zero-order valence-electron chi connectivity index (χ0n) is 9.66. The minimum Gasteiger partial charge on any atom is -0.497 e. The summed E-state index contributed by atoms with van der Waals surface area (Å²) in [6.07, 6.45) is 3.93. The summed E-state index contributed by atoms with van der Waals surface area (Å²) >= 11 is 0. The Hall–Kier alpha value is -2.56. The molecule has 2 rings (SSSR count). The Morgan fingerprint density at radius 2 is 1.50 bits per heavy atom. The standard InChI is InChI=1S/C13H10N2O3/c1-18-11-4-2-9(3-5-11)12(16)13(17)10-6-14-8-15-7-10/h2-8H,1H3. The minimum absolute atomic E-state index is 0.179. The normalized spacial score (nSPS) is 9.83. The van der Waals surface area contributed by atoms with Gasteiger partial charge in [0.15, 0.2) is 0 Å². The van der Waals surface area contributed by atoms with Gasteiger partial charge in [0.05, 0.1) is 12.7 Å². The molecule has 0 atom stereocenters. The molecule has 90 valence electrons. The van der Waals surface area contributed by atoms with Crippen LogP contribution in [0.15, 0.2) is 43.0 Å². The molecule has 0 unspecified atom stereocenters. The van der Waals surface area contributed by atoms with E-state index in [0.717, 1.165) is 0 Å². The highest BCUT2D eigenvalue weighted by molar-refractivity contribution is 6.49. The third-order valence-corrected chi connectivity index (χ3v) is 2.38. The van der Waals surface area contributed by atoms with Gasteiger partial charge in [0, 0.05) is 18.0 Å². The maximum Gasteiger partial charge on any atom is 0.236 e. The lowest BCUT2D eigenvalue weighted by Gasteiger charge is -2.02. The molecule has 0 fully saturated rings. The summed E-state index contributed by atoms with van der Waals surface area (Å²) in [5.41, 5.74) is 0.489. The third kappa shape index (κ3) is 2.40. The van der Waals surface area contributed by atoms with Gasteiger partial charge in [-0.2, -0.15) is 0 Å². The second-order valence-corrected chi connectivity index (χ2v) is 3.51. The Balaban J connectivity index is 2.23. The average Bonchev–Trinajstić information content (AvgIpc) is 2.47. The van der Waals surface area contributed by atoms with Crippen molar-refractivity contribution in [3.8, 4) is 5.75 Å². The summed E-state index contributed by atoms with van der Waals surface area (Å²) in [5, 5.41) is 0.